The third kappa shape index (κ3) is 4.44. The van der Waals surface area contributed by atoms with Gasteiger partial charge in [-0.15, -0.1) is 0 Å². The van der Waals surface area contributed by atoms with E-state index in [0.29, 0.717) is 28.8 Å². The van der Waals surface area contributed by atoms with Crippen LogP contribution in [0.2, 0.25) is 5.02 Å². The highest BCUT2D eigenvalue weighted by molar-refractivity contribution is 6.31. The molecule has 4 heteroatoms. The van der Waals surface area contributed by atoms with Crippen molar-refractivity contribution in [1.82, 2.24) is 0 Å². The summed E-state index contributed by atoms with van der Waals surface area (Å²) in [5, 5.41) is 1.45. The molecule has 0 saturated heterocycles. The summed E-state index contributed by atoms with van der Waals surface area (Å²) in [7, 11) is 0. The molecule has 5 rings (SSSR count). The number of halogens is 1. The number of hydrogen-bond donors (Lipinski definition) is 0. The molecule has 4 aromatic rings. The largest absolute Gasteiger partial charge is 0.451 e. The van der Waals surface area contributed by atoms with Crippen molar-refractivity contribution in [2.75, 3.05) is 4.90 Å². The molecule has 162 valence electrons. The van der Waals surface area contributed by atoms with E-state index in [0.717, 1.165) is 16.6 Å². The molecule has 0 N–H and O–H groups in total. The number of fused-ring (bicyclic) bond motifs is 1. The van der Waals surface area contributed by atoms with E-state index < -0.39 is 0 Å². The molecule has 0 bridgehead atoms. The molecule has 32 heavy (non-hydrogen) atoms. The van der Waals surface area contributed by atoms with Gasteiger partial charge < -0.3 is 9.32 Å². The standard InChI is InChI=1S/C28H26ClNO2/c29-24-13-16-26-23(17-24)18-27(32-26)28(31)30(19-20-7-3-1-4-8-20)25-14-11-22(12-15-25)21-9-5-2-6-10-21/h1,3-4,7-8,11-18,21H,2,5-6,9-10,19H2. The lowest BCUT2D eigenvalue weighted by molar-refractivity contribution is 0.0960. The first kappa shape index (κ1) is 20.8. The number of furan rings is 1. The van der Waals surface area contributed by atoms with Crippen LogP contribution in [-0.2, 0) is 6.54 Å². The van der Waals surface area contributed by atoms with Crippen molar-refractivity contribution in [3.05, 3.63) is 101 Å². The van der Waals surface area contributed by atoms with Crippen LogP contribution >= 0.6 is 11.6 Å². The van der Waals surface area contributed by atoms with Crippen molar-refractivity contribution < 1.29 is 9.21 Å². The van der Waals surface area contributed by atoms with Crippen molar-refractivity contribution in [3.63, 3.8) is 0 Å². The van der Waals surface area contributed by atoms with Gasteiger partial charge in [0.15, 0.2) is 5.76 Å². The van der Waals surface area contributed by atoms with Crippen molar-refractivity contribution in [2.45, 2.75) is 44.6 Å². The molecule has 1 amide bonds. The molecule has 1 fully saturated rings. The molecule has 1 aromatic heterocycles. The smallest absolute Gasteiger partial charge is 0.294 e. The molecule has 0 aliphatic heterocycles. The Morgan fingerprint density at radius 3 is 2.41 bits per heavy atom. The first-order valence-corrected chi connectivity index (χ1v) is 11.7. The van der Waals surface area contributed by atoms with Gasteiger partial charge in [-0.3, -0.25) is 4.79 Å². The second-order valence-electron chi connectivity index (χ2n) is 8.60. The summed E-state index contributed by atoms with van der Waals surface area (Å²) >= 11 is 6.12. The monoisotopic (exact) mass is 443 g/mol. The molecule has 1 aliphatic rings. The molecule has 1 saturated carbocycles. The number of hydrogen-bond acceptors (Lipinski definition) is 2. The number of rotatable bonds is 5. The van der Waals surface area contributed by atoms with Crippen LogP contribution in [0, 0.1) is 0 Å². The van der Waals surface area contributed by atoms with Gasteiger partial charge in [-0.05, 0) is 66.3 Å². The van der Waals surface area contributed by atoms with Gasteiger partial charge in [0.1, 0.15) is 5.58 Å². The van der Waals surface area contributed by atoms with Gasteiger partial charge in [-0.25, -0.2) is 0 Å². The van der Waals surface area contributed by atoms with E-state index in [1.54, 1.807) is 23.1 Å². The Labute approximate surface area is 193 Å². The molecule has 0 unspecified atom stereocenters. The van der Waals surface area contributed by atoms with Gasteiger partial charge in [0.25, 0.3) is 5.91 Å². The van der Waals surface area contributed by atoms with Crippen LogP contribution < -0.4 is 4.90 Å². The van der Waals surface area contributed by atoms with Gasteiger partial charge in [0, 0.05) is 16.1 Å². The summed E-state index contributed by atoms with van der Waals surface area (Å²) in [6.07, 6.45) is 6.47. The van der Waals surface area contributed by atoms with Crippen molar-refractivity contribution in [3.8, 4) is 0 Å². The van der Waals surface area contributed by atoms with Crippen LogP contribution in [0.1, 0.15) is 59.7 Å². The Kier molecular flexibility index (Phi) is 6.00. The molecule has 1 heterocycles. The number of carbonyl (C=O) groups is 1. The summed E-state index contributed by atoms with van der Waals surface area (Å²) in [5.41, 5.74) is 3.97. The van der Waals surface area contributed by atoms with Crippen molar-refractivity contribution in [1.29, 1.82) is 0 Å². The zero-order chi connectivity index (χ0) is 21.9. The minimum absolute atomic E-state index is 0.161. The number of carbonyl (C=O) groups excluding carboxylic acids is 1. The maximum Gasteiger partial charge on any atom is 0.294 e. The van der Waals surface area contributed by atoms with Crippen LogP contribution in [0.5, 0.6) is 0 Å². The van der Waals surface area contributed by atoms with E-state index in [1.165, 1.54) is 37.7 Å². The van der Waals surface area contributed by atoms with E-state index in [-0.39, 0.29) is 5.91 Å². The minimum atomic E-state index is -0.161. The second kappa shape index (κ2) is 9.22. The maximum atomic E-state index is 13.6. The quantitative estimate of drug-likeness (QED) is 0.313. The van der Waals surface area contributed by atoms with E-state index >= 15 is 0 Å². The lowest BCUT2D eigenvalue weighted by Crippen LogP contribution is -2.30. The van der Waals surface area contributed by atoms with Gasteiger partial charge in [0.05, 0.1) is 6.54 Å². The number of amides is 1. The Balaban J connectivity index is 1.47. The Morgan fingerprint density at radius 2 is 1.66 bits per heavy atom. The van der Waals surface area contributed by atoms with Crippen molar-refractivity contribution in [2.24, 2.45) is 0 Å². The lowest BCUT2D eigenvalue weighted by Gasteiger charge is -2.25. The first-order valence-electron chi connectivity index (χ1n) is 11.3. The number of nitrogens with zero attached hydrogens (tertiary/aromatic N) is 1. The Morgan fingerprint density at radius 1 is 0.906 bits per heavy atom. The summed E-state index contributed by atoms with van der Waals surface area (Å²) < 4.78 is 5.89. The Bertz CT molecular complexity index is 1210. The molecular formula is C28H26ClNO2. The summed E-state index contributed by atoms with van der Waals surface area (Å²) in [6.45, 7) is 0.472. The highest BCUT2D eigenvalue weighted by Crippen LogP contribution is 2.34. The average molecular weight is 444 g/mol. The lowest BCUT2D eigenvalue weighted by atomic mass is 9.84. The highest BCUT2D eigenvalue weighted by atomic mass is 35.5. The SMILES string of the molecule is O=C(c1cc2cc(Cl)ccc2o1)N(Cc1ccccc1)c1ccc(C2CCCCC2)cc1. The summed E-state index contributed by atoms with van der Waals surface area (Å²) in [5.74, 6) is 0.789. The summed E-state index contributed by atoms with van der Waals surface area (Å²) in [6, 6.07) is 25.7. The average Bonchev–Trinajstić information content (AvgIpc) is 3.27. The predicted molar refractivity (Wildman–Crippen MR) is 130 cm³/mol. The first-order chi connectivity index (χ1) is 15.7. The van der Waals surface area contributed by atoms with Gasteiger partial charge >= 0.3 is 0 Å². The molecule has 0 radical (unpaired) electrons. The molecule has 3 nitrogen and oxygen atoms in total. The number of benzene rings is 3. The van der Waals surface area contributed by atoms with Gasteiger partial charge in [-0.2, -0.15) is 0 Å². The zero-order valence-corrected chi connectivity index (χ0v) is 18.7. The van der Waals surface area contributed by atoms with Gasteiger partial charge in [-0.1, -0.05) is 73.3 Å². The van der Waals surface area contributed by atoms with E-state index in [4.69, 9.17) is 16.0 Å². The third-order valence-electron chi connectivity index (χ3n) is 6.40. The fourth-order valence-electron chi connectivity index (χ4n) is 4.66. The molecule has 0 atom stereocenters. The second-order valence-corrected chi connectivity index (χ2v) is 9.03. The fraction of sp³-hybridized carbons (Fsp3) is 0.250. The van der Waals surface area contributed by atoms with Crippen LogP contribution in [0.25, 0.3) is 11.0 Å². The van der Waals surface area contributed by atoms with Crippen molar-refractivity contribution >= 4 is 34.2 Å². The molecule has 3 aromatic carbocycles. The normalized spacial score (nSPS) is 14.5. The maximum absolute atomic E-state index is 13.6. The Hall–Kier alpha value is -3.04. The number of anilines is 1. The van der Waals surface area contributed by atoms with Crippen LogP contribution in [-0.4, -0.2) is 5.91 Å². The van der Waals surface area contributed by atoms with E-state index in [9.17, 15) is 4.79 Å². The molecule has 1 aliphatic carbocycles. The van der Waals surface area contributed by atoms with Crippen LogP contribution in [0.15, 0.2) is 83.3 Å². The van der Waals surface area contributed by atoms with Gasteiger partial charge in [0.2, 0.25) is 0 Å². The fourth-order valence-corrected chi connectivity index (χ4v) is 4.84. The summed E-state index contributed by atoms with van der Waals surface area (Å²) in [4.78, 5) is 15.4. The molecular weight excluding hydrogens is 418 g/mol. The van der Waals surface area contributed by atoms with Crippen LogP contribution in [0.3, 0.4) is 0 Å². The zero-order valence-electron chi connectivity index (χ0n) is 18.0. The molecule has 0 spiro atoms. The third-order valence-corrected chi connectivity index (χ3v) is 6.63. The topological polar surface area (TPSA) is 33.5 Å². The minimum Gasteiger partial charge on any atom is -0.451 e. The highest BCUT2D eigenvalue weighted by Gasteiger charge is 2.23. The van der Waals surface area contributed by atoms with E-state index in [2.05, 4.69) is 24.3 Å². The van der Waals surface area contributed by atoms with E-state index in [1.807, 2.05) is 36.4 Å². The van der Waals surface area contributed by atoms with Crippen LogP contribution in [0.4, 0.5) is 5.69 Å². The predicted octanol–water partition coefficient (Wildman–Crippen LogP) is 7.98.